The zero-order valence-corrected chi connectivity index (χ0v) is 29.8. The summed E-state index contributed by atoms with van der Waals surface area (Å²) in [5.74, 6) is -0.141. The number of fused-ring (bicyclic) bond motifs is 1. The van der Waals surface area contributed by atoms with Gasteiger partial charge in [0.15, 0.2) is 6.17 Å². The first-order valence-corrected chi connectivity index (χ1v) is 16.7. The third-order valence-corrected chi connectivity index (χ3v) is 8.94. The quantitative estimate of drug-likeness (QED) is 0.256. The molecule has 7 nitrogen and oxygen atoms in total. The summed E-state index contributed by atoms with van der Waals surface area (Å²) < 4.78 is 0. The molecule has 3 aliphatic rings. The van der Waals surface area contributed by atoms with Gasteiger partial charge in [0.1, 0.15) is 0 Å². The topological polar surface area (TPSA) is 63.2 Å². The van der Waals surface area contributed by atoms with Crippen molar-refractivity contribution in [3.05, 3.63) is 111 Å². The van der Waals surface area contributed by atoms with Gasteiger partial charge in [-0.1, -0.05) is 77.9 Å². The second-order valence-electron chi connectivity index (χ2n) is 11.2. The summed E-state index contributed by atoms with van der Waals surface area (Å²) in [5.41, 5.74) is 7.01. The van der Waals surface area contributed by atoms with Crippen LogP contribution in [0.1, 0.15) is 36.8 Å². The van der Waals surface area contributed by atoms with Crippen LogP contribution in [0.3, 0.4) is 0 Å². The first-order chi connectivity index (χ1) is 22.7. The smallest absolute Gasteiger partial charge is 0.266 e. The number of halogens is 2. The van der Waals surface area contributed by atoms with E-state index in [4.69, 9.17) is 35.4 Å². The van der Waals surface area contributed by atoms with Gasteiger partial charge < -0.3 is 20.0 Å². The predicted molar refractivity (Wildman–Crippen MR) is 203 cm³/mol. The van der Waals surface area contributed by atoms with E-state index in [2.05, 4.69) is 88.8 Å². The molecule has 1 unspecified atom stereocenters. The van der Waals surface area contributed by atoms with Crippen LogP contribution in [0.25, 0.3) is 0 Å². The van der Waals surface area contributed by atoms with E-state index in [1.54, 1.807) is 42.7 Å². The molecule has 0 spiro atoms. The first kappa shape index (κ1) is 37.7. The minimum absolute atomic E-state index is 0.141. The zero-order chi connectivity index (χ0) is 34.3. The number of thiocarbonyl (C=S) groups is 1. The number of carbonyl (C=O) groups excluding carboxylic acids is 1. The van der Waals surface area contributed by atoms with E-state index < -0.39 is 6.17 Å². The molecular weight excluding hydrogens is 647 g/mol. The highest BCUT2D eigenvalue weighted by Crippen LogP contribution is 2.31. The van der Waals surface area contributed by atoms with Crippen LogP contribution >= 0.6 is 35.4 Å². The molecule has 0 saturated carbocycles. The number of benzene rings is 2. The third kappa shape index (κ3) is 10.4. The predicted octanol–water partition coefficient (Wildman–Crippen LogP) is 6.84. The Labute approximate surface area is 295 Å². The molecule has 1 aliphatic carbocycles. The highest BCUT2D eigenvalue weighted by Gasteiger charge is 2.29. The molecule has 1 fully saturated rings. The highest BCUT2D eigenvalue weighted by molar-refractivity contribution is 7.78. The normalized spacial score (nSPS) is 22.0. The van der Waals surface area contributed by atoms with Crippen molar-refractivity contribution in [2.24, 2.45) is 4.99 Å². The number of aliphatic imine (C=N–C) groups is 1. The number of terminal acetylenes is 1. The van der Waals surface area contributed by atoms with Crippen molar-refractivity contribution in [2.75, 3.05) is 46.2 Å². The molecule has 1 amide bonds. The van der Waals surface area contributed by atoms with Crippen LogP contribution in [-0.4, -0.2) is 80.4 Å². The van der Waals surface area contributed by atoms with Crippen LogP contribution in [-0.2, 0) is 4.79 Å². The molecule has 248 valence electrons. The van der Waals surface area contributed by atoms with Crippen molar-refractivity contribution in [1.82, 2.24) is 20.4 Å². The molecule has 0 radical (unpaired) electrons. The van der Waals surface area contributed by atoms with Gasteiger partial charge in [0, 0.05) is 65.5 Å². The molecule has 2 aliphatic heterocycles. The Bertz CT molecular complexity index is 1550. The number of anilines is 1. The van der Waals surface area contributed by atoms with Gasteiger partial charge in [0.25, 0.3) is 5.91 Å². The van der Waals surface area contributed by atoms with Crippen LogP contribution in [0.2, 0.25) is 10.0 Å². The minimum atomic E-state index is -0.683. The molecule has 1 atom stereocenters. The summed E-state index contributed by atoms with van der Waals surface area (Å²) in [6.07, 6.45) is 24.7. The maximum Gasteiger partial charge on any atom is 0.266 e. The van der Waals surface area contributed by atoms with Crippen LogP contribution in [0.4, 0.5) is 5.69 Å². The Hall–Kier alpha value is -3.71. The van der Waals surface area contributed by atoms with E-state index in [1.165, 1.54) is 31.6 Å². The number of nitrogens with one attached hydrogen (secondary N) is 2. The second-order valence-corrected chi connectivity index (χ2v) is 12.3. The highest BCUT2D eigenvalue weighted by atomic mass is 35.5. The lowest BCUT2D eigenvalue weighted by atomic mass is 10.00. The van der Waals surface area contributed by atoms with Crippen LogP contribution in [0.15, 0.2) is 95.3 Å². The van der Waals surface area contributed by atoms with Gasteiger partial charge in [-0.05, 0) is 76.4 Å². The molecule has 2 aromatic rings. The van der Waals surface area contributed by atoms with Gasteiger partial charge >= 0.3 is 0 Å². The molecule has 0 aromatic heterocycles. The third-order valence-electron chi connectivity index (χ3n) is 8.26. The van der Waals surface area contributed by atoms with E-state index >= 15 is 0 Å². The van der Waals surface area contributed by atoms with Gasteiger partial charge in [-0.15, -0.1) is 12.8 Å². The van der Waals surface area contributed by atoms with Gasteiger partial charge in [0.05, 0.1) is 16.9 Å². The zero-order valence-electron chi connectivity index (χ0n) is 27.5. The Morgan fingerprint density at radius 3 is 2.34 bits per heavy atom. The van der Waals surface area contributed by atoms with E-state index in [0.717, 1.165) is 35.4 Å². The summed E-state index contributed by atoms with van der Waals surface area (Å²) in [6.45, 7) is 2.38. The molecule has 5 rings (SSSR count). The Morgan fingerprint density at radius 2 is 1.68 bits per heavy atom. The Balaban J connectivity index is 0.000000243. The largest absolute Gasteiger partial charge is 0.375 e. The maximum absolute atomic E-state index is 12.6. The van der Waals surface area contributed by atoms with Crippen molar-refractivity contribution < 1.29 is 4.79 Å². The lowest BCUT2D eigenvalue weighted by molar-refractivity contribution is -0.119. The number of hydrogen-bond donors (Lipinski definition) is 2. The van der Waals surface area contributed by atoms with Gasteiger partial charge in [-0.2, -0.15) is 0 Å². The monoisotopic (exact) mass is 690 g/mol. The molecular formula is C37H44Cl2N6OS. The fourth-order valence-corrected chi connectivity index (χ4v) is 6.09. The number of hydrogen-bond acceptors (Lipinski definition) is 6. The fraction of sp³-hybridized carbons (Fsp3) is 0.324. The van der Waals surface area contributed by atoms with E-state index in [9.17, 15) is 4.79 Å². The summed E-state index contributed by atoms with van der Waals surface area (Å²) in [5, 5.41) is 7.24. The average Bonchev–Trinajstić information content (AvgIpc) is 3.19. The van der Waals surface area contributed by atoms with Crippen molar-refractivity contribution in [3.63, 3.8) is 0 Å². The summed E-state index contributed by atoms with van der Waals surface area (Å²) in [6, 6.07) is 13.5. The number of rotatable bonds is 6. The van der Waals surface area contributed by atoms with Crippen LogP contribution in [0.5, 0.6) is 0 Å². The average molecular weight is 692 g/mol. The lowest BCUT2D eigenvalue weighted by Crippen LogP contribution is -2.41. The maximum atomic E-state index is 12.6. The lowest BCUT2D eigenvalue weighted by Gasteiger charge is -2.37. The van der Waals surface area contributed by atoms with Gasteiger partial charge in [-0.25, -0.2) is 0 Å². The molecule has 10 heteroatoms. The van der Waals surface area contributed by atoms with Gasteiger partial charge in [-0.3, -0.25) is 15.1 Å². The van der Waals surface area contributed by atoms with Crippen molar-refractivity contribution in [3.8, 4) is 12.8 Å². The Morgan fingerprint density at radius 1 is 1.00 bits per heavy atom. The fourth-order valence-electron chi connectivity index (χ4n) is 5.54. The summed E-state index contributed by atoms with van der Waals surface area (Å²) in [4.78, 5) is 23.7. The van der Waals surface area contributed by atoms with Gasteiger partial charge in [0.2, 0.25) is 0 Å². The molecule has 47 heavy (non-hydrogen) atoms. The SMILES string of the molecule is C#C.CN1CCC(N(C)/C2=C/C=C(/NC=S)C/C=C\C=C/C2)CC1.CNC1N=C(c2ccccc2Cl)c2cc(Cl)ccc2N(C)C1=O. The number of allylic oxidation sites excluding steroid dienone is 6. The van der Waals surface area contributed by atoms with Crippen molar-refractivity contribution >= 4 is 58.2 Å². The summed E-state index contributed by atoms with van der Waals surface area (Å²) in [7, 11) is 7.87. The van der Waals surface area contributed by atoms with E-state index in [-0.39, 0.29) is 5.91 Å². The molecule has 0 bridgehead atoms. The second kappa shape index (κ2) is 19.2. The number of likely N-dealkylation sites (N-methyl/N-ethyl adjacent to an activating group) is 2. The van der Waals surface area contributed by atoms with E-state index in [0.29, 0.717) is 21.8 Å². The number of carbonyl (C=O) groups is 1. The number of amides is 1. The number of piperidine rings is 1. The number of benzodiazepines with no additional fused rings is 1. The molecule has 1 saturated heterocycles. The van der Waals surface area contributed by atoms with Crippen molar-refractivity contribution in [2.45, 2.75) is 37.9 Å². The molecule has 2 heterocycles. The first-order valence-electron chi connectivity index (χ1n) is 15.5. The summed E-state index contributed by atoms with van der Waals surface area (Å²) >= 11 is 17.4. The standard InChI is InChI=1S/C18H27N3S.C17H15Cl2N3O.C2H2/c1-20-13-11-18(12-14-20)21(2)17-8-6-4-3-5-7-16(9-10-17)19-15-22;1-20-16-17(23)22(2)14-8-7-10(18)9-12(14)15(21-16)11-5-3-4-6-13(11)19;1-2/h3-6,9-10,15,18H,7-8,11-14H2,1-2H3,(H,19,22);3-9,16,20H,1-2H3;1-2H/b5-3-,6-4-,16-9+,17-10+;;. The molecule has 2 N–H and O–H groups in total. The number of nitrogens with zero attached hydrogens (tertiary/aromatic N) is 4. The molecule has 2 aromatic carbocycles. The Kier molecular flexibility index (Phi) is 15.4. The van der Waals surface area contributed by atoms with Crippen LogP contribution in [0, 0.1) is 12.8 Å². The van der Waals surface area contributed by atoms with E-state index in [1.807, 2.05) is 24.3 Å². The number of likely N-dealkylation sites (tertiary alicyclic amines) is 1. The minimum Gasteiger partial charge on any atom is -0.375 e. The van der Waals surface area contributed by atoms with Crippen molar-refractivity contribution in [1.29, 1.82) is 0 Å². The van der Waals surface area contributed by atoms with Crippen LogP contribution < -0.4 is 15.5 Å².